The average molecular weight is 218 g/mol. The fourth-order valence-corrected chi connectivity index (χ4v) is 1.83. The Morgan fingerprint density at radius 3 is 2.77 bits per heavy atom. The molecular weight excluding hydrogens is 209 g/mol. The second-order valence-electron chi connectivity index (χ2n) is 3.35. The molecule has 0 spiro atoms. The third-order valence-corrected chi connectivity index (χ3v) is 3.20. The minimum absolute atomic E-state index is 0.00136. The Morgan fingerprint density at radius 1 is 1.54 bits per heavy atom. The normalized spacial score (nSPS) is 24.3. The molecule has 1 fully saturated rings. The van der Waals surface area contributed by atoms with Gasteiger partial charge in [0, 0.05) is 24.7 Å². The molecule has 0 bridgehead atoms. The van der Waals surface area contributed by atoms with Crippen molar-refractivity contribution in [2.24, 2.45) is 5.92 Å². The summed E-state index contributed by atoms with van der Waals surface area (Å²) >= 11 is 11.7. The van der Waals surface area contributed by atoms with Gasteiger partial charge in [0.15, 0.2) is 0 Å². The van der Waals surface area contributed by atoms with Gasteiger partial charge in [-0.3, -0.25) is 4.79 Å². The molecule has 1 unspecified atom stereocenters. The summed E-state index contributed by atoms with van der Waals surface area (Å²) in [6.45, 7) is 0.618. The molecule has 2 nitrogen and oxygen atoms in total. The quantitative estimate of drug-likeness (QED) is 0.696. The monoisotopic (exact) mass is 217 g/mol. The van der Waals surface area contributed by atoms with Crippen LogP contribution >= 0.6 is 23.2 Å². The van der Waals surface area contributed by atoms with Crippen LogP contribution in [0.1, 0.15) is 6.42 Å². The van der Waals surface area contributed by atoms with Crippen molar-refractivity contribution in [2.75, 3.05) is 0 Å². The molecule has 0 amide bonds. The van der Waals surface area contributed by atoms with Gasteiger partial charge in [-0.05, 0) is 12.5 Å². The van der Waals surface area contributed by atoms with Crippen molar-refractivity contribution in [3.05, 3.63) is 34.7 Å². The van der Waals surface area contributed by atoms with E-state index in [2.05, 4.69) is 0 Å². The predicted octanol–water partition coefficient (Wildman–Crippen LogP) is 2.04. The molecule has 0 radical (unpaired) electrons. The van der Waals surface area contributed by atoms with Gasteiger partial charge in [0.25, 0.3) is 5.56 Å². The standard InChI is InChI=1S/C9H9Cl2NO/c10-9(11)5-7(9)6-12-4-2-1-3-8(12)13/h1-4,7H,5-6H2. The summed E-state index contributed by atoms with van der Waals surface area (Å²) < 4.78 is 1.03. The zero-order valence-electron chi connectivity index (χ0n) is 6.91. The van der Waals surface area contributed by atoms with Crippen LogP contribution in [0.4, 0.5) is 0 Å². The van der Waals surface area contributed by atoms with Gasteiger partial charge in [-0.1, -0.05) is 6.07 Å². The van der Waals surface area contributed by atoms with Crippen LogP contribution in [0, 0.1) is 5.92 Å². The van der Waals surface area contributed by atoms with Gasteiger partial charge in [-0.2, -0.15) is 0 Å². The molecule has 1 aliphatic rings. The minimum Gasteiger partial charge on any atom is -0.315 e. The van der Waals surface area contributed by atoms with E-state index in [9.17, 15) is 4.79 Å². The number of hydrogen-bond donors (Lipinski definition) is 0. The summed E-state index contributed by atoms with van der Waals surface area (Å²) in [6.07, 6.45) is 2.53. The Morgan fingerprint density at radius 2 is 2.23 bits per heavy atom. The van der Waals surface area contributed by atoms with Crippen LogP contribution in [0.3, 0.4) is 0 Å². The zero-order chi connectivity index (χ0) is 9.47. The lowest BCUT2D eigenvalue weighted by molar-refractivity contribution is 0.602. The van der Waals surface area contributed by atoms with Crippen LogP contribution in [-0.4, -0.2) is 8.90 Å². The van der Waals surface area contributed by atoms with Crippen LogP contribution in [0.15, 0.2) is 29.2 Å². The lowest BCUT2D eigenvalue weighted by atomic mass is 10.4. The van der Waals surface area contributed by atoms with Gasteiger partial charge in [0.1, 0.15) is 4.33 Å². The Bertz CT molecular complexity index is 372. The van der Waals surface area contributed by atoms with E-state index in [1.54, 1.807) is 16.8 Å². The summed E-state index contributed by atoms with van der Waals surface area (Å²) in [6, 6.07) is 5.08. The van der Waals surface area contributed by atoms with Crippen LogP contribution in [0.2, 0.25) is 0 Å². The molecule has 1 aromatic heterocycles. The van der Waals surface area contributed by atoms with E-state index in [1.807, 2.05) is 6.07 Å². The first-order chi connectivity index (χ1) is 6.09. The summed E-state index contributed by atoms with van der Waals surface area (Å²) in [5, 5.41) is 0. The number of rotatable bonds is 2. The zero-order valence-corrected chi connectivity index (χ0v) is 8.42. The largest absolute Gasteiger partial charge is 0.315 e. The molecule has 4 heteroatoms. The molecule has 13 heavy (non-hydrogen) atoms. The molecule has 1 aliphatic carbocycles. The van der Waals surface area contributed by atoms with Crippen molar-refractivity contribution in [1.82, 2.24) is 4.57 Å². The van der Waals surface area contributed by atoms with Crippen molar-refractivity contribution in [3.8, 4) is 0 Å². The van der Waals surface area contributed by atoms with E-state index in [0.29, 0.717) is 6.54 Å². The molecule has 0 N–H and O–H groups in total. The van der Waals surface area contributed by atoms with Crippen LogP contribution in [-0.2, 0) is 6.54 Å². The first-order valence-electron chi connectivity index (χ1n) is 4.13. The fraction of sp³-hybridized carbons (Fsp3) is 0.444. The van der Waals surface area contributed by atoms with Gasteiger partial charge in [0.2, 0.25) is 0 Å². The lowest BCUT2D eigenvalue weighted by Crippen LogP contribution is -2.19. The molecule has 70 valence electrons. The van der Waals surface area contributed by atoms with Gasteiger partial charge in [-0.25, -0.2) is 0 Å². The first-order valence-corrected chi connectivity index (χ1v) is 4.88. The molecule has 1 atom stereocenters. The van der Waals surface area contributed by atoms with Gasteiger partial charge < -0.3 is 4.57 Å². The second-order valence-corrected chi connectivity index (χ2v) is 4.90. The number of aromatic nitrogens is 1. The number of halogens is 2. The lowest BCUT2D eigenvalue weighted by Gasteiger charge is -2.03. The maximum atomic E-state index is 11.3. The Labute approximate surface area is 86.1 Å². The molecule has 0 aromatic carbocycles. The highest BCUT2D eigenvalue weighted by Crippen LogP contribution is 2.53. The third kappa shape index (κ3) is 1.89. The Hall–Kier alpha value is -0.470. The molecule has 0 aliphatic heterocycles. The van der Waals surface area contributed by atoms with E-state index in [0.717, 1.165) is 6.42 Å². The SMILES string of the molecule is O=c1ccccn1CC1CC1(Cl)Cl. The van der Waals surface area contributed by atoms with Crippen molar-refractivity contribution >= 4 is 23.2 Å². The van der Waals surface area contributed by atoms with E-state index < -0.39 is 4.33 Å². The molecule has 1 saturated carbocycles. The van der Waals surface area contributed by atoms with Crippen molar-refractivity contribution in [2.45, 2.75) is 17.3 Å². The molecule has 2 rings (SSSR count). The summed E-state index contributed by atoms with van der Waals surface area (Å²) in [7, 11) is 0. The van der Waals surface area contributed by atoms with Crippen LogP contribution < -0.4 is 5.56 Å². The smallest absolute Gasteiger partial charge is 0.250 e. The Balaban J connectivity index is 2.12. The summed E-state index contributed by atoms with van der Waals surface area (Å²) in [5.74, 6) is 0.218. The second kappa shape index (κ2) is 3.03. The molecule has 1 aromatic rings. The fourth-order valence-electron chi connectivity index (χ4n) is 1.32. The molecule has 0 saturated heterocycles. The van der Waals surface area contributed by atoms with Gasteiger partial charge >= 0.3 is 0 Å². The highest BCUT2D eigenvalue weighted by Gasteiger charge is 2.51. The van der Waals surface area contributed by atoms with Gasteiger partial charge in [0.05, 0.1) is 0 Å². The van der Waals surface area contributed by atoms with Crippen LogP contribution in [0.5, 0.6) is 0 Å². The van der Waals surface area contributed by atoms with Crippen molar-refractivity contribution in [1.29, 1.82) is 0 Å². The van der Waals surface area contributed by atoms with E-state index >= 15 is 0 Å². The first kappa shape index (κ1) is 9.10. The average Bonchev–Trinajstić information content (AvgIpc) is 2.64. The highest BCUT2D eigenvalue weighted by atomic mass is 35.5. The topological polar surface area (TPSA) is 22.0 Å². The maximum Gasteiger partial charge on any atom is 0.250 e. The van der Waals surface area contributed by atoms with E-state index in [1.165, 1.54) is 6.07 Å². The van der Waals surface area contributed by atoms with E-state index in [-0.39, 0.29) is 11.5 Å². The van der Waals surface area contributed by atoms with E-state index in [4.69, 9.17) is 23.2 Å². The third-order valence-electron chi connectivity index (χ3n) is 2.27. The van der Waals surface area contributed by atoms with Gasteiger partial charge in [-0.15, -0.1) is 23.2 Å². The minimum atomic E-state index is -0.602. The van der Waals surface area contributed by atoms with Crippen LogP contribution in [0.25, 0.3) is 0 Å². The molecular formula is C9H9Cl2NO. The Kier molecular flexibility index (Phi) is 2.12. The highest BCUT2D eigenvalue weighted by molar-refractivity contribution is 6.50. The summed E-state index contributed by atoms with van der Waals surface area (Å²) in [5.41, 5.74) is -0.00136. The predicted molar refractivity (Wildman–Crippen MR) is 53.2 cm³/mol. The number of hydrogen-bond acceptors (Lipinski definition) is 1. The summed E-state index contributed by atoms with van der Waals surface area (Å²) in [4.78, 5) is 11.3. The number of nitrogens with zero attached hydrogens (tertiary/aromatic N) is 1. The number of alkyl halides is 2. The van der Waals surface area contributed by atoms with Crippen molar-refractivity contribution < 1.29 is 0 Å². The maximum absolute atomic E-state index is 11.3. The van der Waals surface area contributed by atoms with Crippen molar-refractivity contribution in [3.63, 3.8) is 0 Å². The number of pyridine rings is 1. The molecule has 1 heterocycles.